The van der Waals surface area contributed by atoms with E-state index in [4.69, 9.17) is 20.4 Å². The zero-order chi connectivity index (χ0) is 10.7. The lowest BCUT2D eigenvalue weighted by Crippen LogP contribution is -2.32. The first-order chi connectivity index (χ1) is 6.16. The van der Waals surface area contributed by atoms with Gasteiger partial charge in [-0.3, -0.25) is 0 Å². The van der Waals surface area contributed by atoms with E-state index >= 15 is 0 Å². The fourth-order valence-corrected chi connectivity index (χ4v) is 0.485. The highest BCUT2D eigenvalue weighted by Crippen LogP contribution is 2.18. The Hall–Kier alpha value is -0.420. The Morgan fingerprint density at radius 1 is 1.08 bits per heavy atom. The maximum Gasteiger partial charge on any atom is 0.0609 e. The van der Waals surface area contributed by atoms with Crippen LogP contribution in [0.1, 0.15) is 13.3 Å². The molecule has 0 aliphatic rings. The number of hydrogen-bond donors (Lipinski definition) is 4. The molecule has 0 atom stereocenters. The molecule has 0 aromatic heterocycles. The highest BCUT2D eigenvalue weighted by molar-refractivity contribution is 4.74. The van der Waals surface area contributed by atoms with Crippen LogP contribution in [0.15, 0.2) is 12.7 Å². The van der Waals surface area contributed by atoms with E-state index in [0.29, 0.717) is 6.42 Å². The maximum atomic E-state index is 8.66. The minimum Gasteiger partial charge on any atom is -0.396 e. The molecule has 0 spiro atoms. The molecule has 4 nitrogen and oxygen atoms in total. The van der Waals surface area contributed by atoms with Crippen LogP contribution >= 0.6 is 0 Å². The average Bonchev–Trinajstić information content (AvgIpc) is 2.23. The predicted octanol–water partition coefficient (Wildman–Crippen LogP) is -0.476. The van der Waals surface area contributed by atoms with Crippen LogP contribution < -0.4 is 0 Å². The van der Waals surface area contributed by atoms with Crippen molar-refractivity contribution >= 4 is 0 Å². The fraction of sp³-hybridized carbons (Fsp3) is 0.778. The smallest absolute Gasteiger partial charge is 0.0609 e. The zero-order valence-electron chi connectivity index (χ0n) is 8.11. The van der Waals surface area contributed by atoms with Crippen molar-refractivity contribution in [3.05, 3.63) is 12.7 Å². The van der Waals surface area contributed by atoms with E-state index in [0.717, 1.165) is 0 Å². The Labute approximate surface area is 79.2 Å². The summed E-state index contributed by atoms with van der Waals surface area (Å²) >= 11 is 0. The first-order valence-corrected chi connectivity index (χ1v) is 4.20. The van der Waals surface area contributed by atoms with Crippen molar-refractivity contribution in [3.8, 4) is 0 Å². The SMILES string of the molecule is C=CCO.CCC(CO)(CO)CO. The zero-order valence-corrected chi connectivity index (χ0v) is 8.11. The van der Waals surface area contributed by atoms with Gasteiger partial charge in [0.15, 0.2) is 0 Å². The normalized spacial score (nSPS) is 10.2. The third-order valence-corrected chi connectivity index (χ3v) is 1.89. The third-order valence-electron chi connectivity index (χ3n) is 1.89. The van der Waals surface area contributed by atoms with Crippen LogP contribution in [0.4, 0.5) is 0 Å². The summed E-state index contributed by atoms with van der Waals surface area (Å²) in [5.74, 6) is 0. The summed E-state index contributed by atoms with van der Waals surface area (Å²) in [6.07, 6.45) is 2.02. The Morgan fingerprint density at radius 3 is 1.38 bits per heavy atom. The molecule has 4 N–H and O–H groups in total. The van der Waals surface area contributed by atoms with Gasteiger partial charge in [0.2, 0.25) is 0 Å². The Bertz CT molecular complexity index is 92.7. The second-order valence-electron chi connectivity index (χ2n) is 2.80. The molecule has 0 fully saturated rings. The molecule has 0 saturated heterocycles. The molecule has 0 radical (unpaired) electrons. The summed E-state index contributed by atoms with van der Waals surface area (Å²) in [6.45, 7) is 4.67. The predicted molar refractivity (Wildman–Crippen MR) is 51.3 cm³/mol. The summed E-state index contributed by atoms with van der Waals surface area (Å²) in [6, 6.07) is 0. The van der Waals surface area contributed by atoms with E-state index in [2.05, 4.69) is 6.58 Å². The molecule has 13 heavy (non-hydrogen) atoms. The van der Waals surface area contributed by atoms with Gasteiger partial charge in [-0.15, -0.1) is 6.58 Å². The number of hydrogen-bond acceptors (Lipinski definition) is 4. The molecule has 0 amide bonds. The first-order valence-electron chi connectivity index (χ1n) is 4.20. The maximum absolute atomic E-state index is 8.66. The topological polar surface area (TPSA) is 80.9 Å². The number of rotatable bonds is 5. The van der Waals surface area contributed by atoms with Crippen molar-refractivity contribution in [2.24, 2.45) is 5.41 Å². The van der Waals surface area contributed by atoms with Gasteiger partial charge < -0.3 is 20.4 Å². The van der Waals surface area contributed by atoms with Crippen molar-refractivity contribution in [2.45, 2.75) is 13.3 Å². The van der Waals surface area contributed by atoms with E-state index in [1.165, 1.54) is 6.08 Å². The van der Waals surface area contributed by atoms with Gasteiger partial charge >= 0.3 is 0 Å². The highest BCUT2D eigenvalue weighted by Gasteiger charge is 2.24. The molecule has 0 aromatic rings. The van der Waals surface area contributed by atoms with Crippen molar-refractivity contribution < 1.29 is 20.4 Å². The first kappa shape index (κ1) is 15.1. The average molecular weight is 192 g/mol. The summed E-state index contributed by atoms with van der Waals surface area (Å²) in [4.78, 5) is 0. The summed E-state index contributed by atoms with van der Waals surface area (Å²) in [5, 5.41) is 33.7. The molecule has 4 heteroatoms. The van der Waals surface area contributed by atoms with Crippen molar-refractivity contribution in [1.82, 2.24) is 0 Å². The largest absolute Gasteiger partial charge is 0.396 e. The van der Waals surface area contributed by atoms with Crippen molar-refractivity contribution in [3.63, 3.8) is 0 Å². The molecule has 0 bridgehead atoms. The Morgan fingerprint density at radius 2 is 1.38 bits per heavy atom. The summed E-state index contributed by atoms with van der Waals surface area (Å²) in [7, 11) is 0. The van der Waals surface area contributed by atoms with Crippen molar-refractivity contribution in [2.75, 3.05) is 26.4 Å². The lowest BCUT2D eigenvalue weighted by molar-refractivity contribution is 0.00304. The molecule has 0 heterocycles. The molecule has 0 unspecified atom stereocenters. The third kappa shape index (κ3) is 6.72. The molecule has 0 aliphatic heterocycles. The van der Waals surface area contributed by atoms with Crippen LogP contribution in [-0.4, -0.2) is 46.9 Å². The van der Waals surface area contributed by atoms with Gasteiger partial charge in [-0.25, -0.2) is 0 Å². The van der Waals surface area contributed by atoms with Crippen molar-refractivity contribution in [1.29, 1.82) is 0 Å². The molecule has 0 aromatic carbocycles. The van der Waals surface area contributed by atoms with Crippen LogP contribution in [0.3, 0.4) is 0 Å². The Balaban J connectivity index is 0. The van der Waals surface area contributed by atoms with Gasteiger partial charge in [0.05, 0.1) is 26.4 Å². The molecule has 0 saturated carbocycles. The van der Waals surface area contributed by atoms with E-state index in [1.807, 2.05) is 6.92 Å². The van der Waals surface area contributed by atoms with Gasteiger partial charge in [-0.05, 0) is 6.42 Å². The van der Waals surface area contributed by atoms with E-state index in [1.54, 1.807) is 0 Å². The summed E-state index contributed by atoms with van der Waals surface area (Å²) < 4.78 is 0. The second-order valence-corrected chi connectivity index (χ2v) is 2.80. The van der Waals surface area contributed by atoms with Gasteiger partial charge in [-0.1, -0.05) is 13.0 Å². The van der Waals surface area contributed by atoms with E-state index in [-0.39, 0.29) is 26.4 Å². The van der Waals surface area contributed by atoms with Gasteiger partial charge in [0.1, 0.15) is 0 Å². The number of aliphatic hydroxyl groups is 4. The molecular formula is C9H20O4. The molecule has 80 valence electrons. The number of aliphatic hydroxyl groups excluding tert-OH is 4. The minimum absolute atomic E-state index is 0.0833. The van der Waals surface area contributed by atoms with E-state index in [9.17, 15) is 0 Å². The van der Waals surface area contributed by atoms with Gasteiger partial charge in [0.25, 0.3) is 0 Å². The molecule has 0 aliphatic carbocycles. The van der Waals surface area contributed by atoms with Gasteiger partial charge in [-0.2, -0.15) is 0 Å². The molecular weight excluding hydrogens is 172 g/mol. The van der Waals surface area contributed by atoms with Crippen LogP contribution in [0.25, 0.3) is 0 Å². The quantitative estimate of drug-likeness (QED) is 0.444. The summed E-state index contributed by atoms with van der Waals surface area (Å²) in [5.41, 5.74) is -0.667. The lowest BCUT2D eigenvalue weighted by Gasteiger charge is -2.24. The minimum atomic E-state index is -0.667. The van der Waals surface area contributed by atoms with Crippen LogP contribution in [0, 0.1) is 5.41 Å². The highest BCUT2D eigenvalue weighted by atomic mass is 16.3. The van der Waals surface area contributed by atoms with E-state index < -0.39 is 5.41 Å². The van der Waals surface area contributed by atoms with Crippen LogP contribution in [0.5, 0.6) is 0 Å². The second kappa shape index (κ2) is 9.67. The fourth-order valence-electron chi connectivity index (χ4n) is 0.485. The Kier molecular flexibility index (Phi) is 11.2. The lowest BCUT2D eigenvalue weighted by atomic mass is 9.88. The van der Waals surface area contributed by atoms with Crippen LogP contribution in [-0.2, 0) is 0 Å². The van der Waals surface area contributed by atoms with Gasteiger partial charge in [0, 0.05) is 5.41 Å². The monoisotopic (exact) mass is 192 g/mol. The standard InChI is InChI=1S/C6H14O3.C3H6O/c1-2-6(3-7,4-8)5-9;1-2-3-4/h7-9H,2-5H2,1H3;2,4H,1,3H2. The van der Waals surface area contributed by atoms with Crippen LogP contribution in [0.2, 0.25) is 0 Å². The molecule has 0 rings (SSSR count).